The minimum Gasteiger partial charge on any atom is -0.290 e. The van der Waals surface area contributed by atoms with E-state index >= 15 is 0 Å². The van der Waals surface area contributed by atoms with Crippen LogP contribution in [0.2, 0.25) is 0 Å². The van der Waals surface area contributed by atoms with Crippen molar-refractivity contribution in [1.29, 1.82) is 0 Å². The summed E-state index contributed by atoms with van der Waals surface area (Å²) in [6.07, 6.45) is 0. The maximum atomic E-state index is 5.07. The number of para-hydroxylation sites is 4. The predicted molar refractivity (Wildman–Crippen MR) is 151 cm³/mol. The predicted octanol–water partition coefficient (Wildman–Crippen LogP) is 8.64. The van der Waals surface area contributed by atoms with Crippen molar-refractivity contribution in [2.45, 2.75) is 0 Å². The number of hydrogen-bond donors (Lipinski definition) is 0. The standard InChI is InChI=1S/C32H21N3S/c1-2-11-22(12-3-1)23-13-10-14-24(21-23)25-15-4-7-18-28(25)35-29-19-8-5-16-26(29)33-31(35)32-34-27-17-6-9-20-30(27)36-32/h1-21H. The number of imidazole rings is 1. The summed E-state index contributed by atoms with van der Waals surface area (Å²) in [5.41, 5.74) is 8.84. The molecular formula is C32H21N3S. The molecule has 170 valence electrons. The second-order valence-electron chi connectivity index (χ2n) is 8.71. The lowest BCUT2D eigenvalue weighted by Gasteiger charge is -2.15. The van der Waals surface area contributed by atoms with E-state index in [4.69, 9.17) is 9.97 Å². The van der Waals surface area contributed by atoms with Crippen LogP contribution in [0.25, 0.3) is 60.0 Å². The molecule has 4 heteroatoms. The minimum atomic E-state index is 0.865. The number of fused-ring (bicyclic) bond motifs is 2. The highest BCUT2D eigenvalue weighted by Crippen LogP contribution is 2.37. The van der Waals surface area contributed by atoms with Gasteiger partial charge in [0.1, 0.15) is 0 Å². The van der Waals surface area contributed by atoms with Gasteiger partial charge < -0.3 is 0 Å². The zero-order chi connectivity index (χ0) is 23.9. The van der Waals surface area contributed by atoms with Crippen LogP contribution < -0.4 is 0 Å². The lowest BCUT2D eigenvalue weighted by atomic mass is 9.98. The molecule has 0 aliphatic rings. The molecule has 0 radical (unpaired) electrons. The SMILES string of the molecule is c1ccc(-c2cccc(-c3ccccc3-n3c(-c4nc5ccccc5s4)nc4ccccc43)c2)cc1. The fourth-order valence-electron chi connectivity index (χ4n) is 4.79. The average Bonchev–Trinajstić information content (AvgIpc) is 3.55. The van der Waals surface area contributed by atoms with Crippen molar-refractivity contribution in [3.05, 3.63) is 127 Å². The number of benzene rings is 5. The van der Waals surface area contributed by atoms with Crippen LogP contribution in [0.1, 0.15) is 0 Å². The number of hydrogen-bond acceptors (Lipinski definition) is 3. The summed E-state index contributed by atoms with van der Waals surface area (Å²) >= 11 is 1.68. The van der Waals surface area contributed by atoms with Crippen molar-refractivity contribution in [3.63, 3.8) is 0 Å². The van der Waals surface area contributed by atoms with Gasteiger partial charge in [-0.2, -0.15) is 0 Å². The van der Waals surface area contributed by atoms with Gasteiger partial charge in [-0.3, -0.25) is 4.57 Å². The van der Waals surface area contributed by atoms with Gasteiger partial charge in [0.2, 0.25) is 0 Å². The van der Waals surface area contributed by atoms with Crippen LogP contribution in [0.4, 0.5) is 0 Å². The molecule has 0 aliphatic heterocycles. The maximum absolute atomic E-state index is 5.07. The van der Waals surface area contributed by atoms with Crippen molar-refractivity contribution >= 4 is 32.6 Å². The van der Waals surface area contributed by atoms with Crippen molar-refractivity contribution in [2.24, 2.45) is 0 Å². The third kappa shape index (κ3) is 3.51. The first-order valence-electron chi connectivity index (χ1n) is 11.9. The summed E-state index contributed by atoms with van der Waals surface area (Å²) in [7, 11) is 0. The number of thiazole rings is 1. The largest absolute Gasteiger partial charge is 0.290 e. The highest BCUT2D eigenvalue weighted by molar-refractivity contribution is 7.21. The molecule has 0 amide bonds. The van der Waals surface area contributed by atoms with Crippen LogP contribution in [-0.4, -0.2) is 14.5 Å². The van der Waals surface area contributed by atoms with Crippen LogP contribution in [0, 0.1) is 0 Å². The fraction of sp³-hybridized carbons (Fsp3) is 0. The summed E-state index contributed by atoms with van der Waals surface area (Å²) in [5.74, 6) is 0.865. The summed E-state index contributed by atoms with van der Waals surface area (Å²) in [6, 6.07) is 44.4. The highest BCUT2D eigenvalue weighted by atomic mass is 32.1. The molecule has 0 atom stereocenters. The minimum absolute atomic E-state index is 0.865. The summed E-state index contributed by atoms with van der Waals surface area (Å²) in [5, 5.41) is 0.917. The van der Waals surface area contributed by atoms with Crippen LogP contribution in [0.5, 0.6) is 0 Å². The molecule has 0 bridgehead atoms. The van der Waals surface area contributed by atoms with Gasteiger partial charge in [0.15, 0.2) is 10.8 Å². The quantitative estimate of drug-likeness (QED) is 0.253. The Kier molecular flexibility index (Phi) is 4.97. The van der Waals surface area contributed by atoms with Crippen molar-refractivity contribution in [1.82, 2.24) is 14.5 Å². The van der Waals surface area contributed by atoms with Gasteiger partial charge in [-0.05, 0) is 53.1 Å². The lowest BCUT2D eigenvalue weighted by Crippen LogP contribution is -2.00. The van der Waals surface area contributed by atoms with Gasteiger partial charge in [-0.1, -0.05) is 91.0 Å². The number of aromatic nitrogens is 3. The van der Waals surface area contributed by atoms with E-state index in [-0.39, 0.29) is 0 Å². The Morgan fingerprint density at radius 2 is 1.22 bits per heavy atom. The average molecular weight is 480 g/mol. The third-order valence-corrected chi connectivity index (χ3v) is 7.50. The molecule has 0 spiro atoms. The van der Waals surface area contributed by atoms with E-state index in [0.29, 0.717) is 0 Å². The smallest absolute Gasteiger partial charge is 0.175 e. The lowest BCUT2D eigenvalue weighted by molar-refractivity contribution is 1.10. The van der Waals surface area contributed by atoms with Crippen LogP contribution in [0.15, 0.2) is 127 Å². The normalized spacial score (nSPS) is 11.3. The highest BCUT2D eigenvalue weighted by Gasteiger charge is 2.20. The Morgan fingerprint density at radius 1 is 0.528 bits per heavy atom. The molecule has 5 aromatic carbocycles. The van der Waals surface area contributed by atoms with E-state index < -0.39 is 0 Å². The Hall–Kier alpha value is -4.54. The van der Waals surface area contributed by atoms with Gasteiger partial charge in [-0.25, -0.2) is 9.97 Å². The summed E-state index contributed by atoms with van der Waals surface area (Å²) in [4.78, 5) is 10.0. The van der Waals surface area contributed by atoms with Gasteiger partial charge in [-0.15, -0.1) is 11.3 Å². The number of rotatable bonds is 4. The monoisotopic (exact) mass is 479 g/mol. The molecule has 2 aromatic heterocycles. The van der Waals surface area contributed by atoms with Crippen LogP contribution in [-0.2, 0) is 0 Å². The second-order valence-corrected chi connectivity index (χ2v) is 9.74. The van der Waals surface area contributed by atoms with Gasteiger partial charge in [0.25, 0.3) is 0 Å². The molecule has 2 heterocycles. The Morgan fingerprint density at radius 3 is 2.11 bits per heavy atom. The van der Waals surface area contributed by atoms with Crippen LogP contribution in [0.3, 0.4) is 0 Å². The zero-order valence-electron chi connectivity index (χ0n) is 19.4. The van der Waals surface area contributed by atoms with E-state index in [1.807, 2.05) is 12.1 Å². The first-order valence-corrected chi connectivity index (χ1v) is 12.8. The Bertz CT molecular complexity index is 1810. The molecule has 0 fully saturated rings. The van der Waals surface area contributed by atoms with Gasteiger partial charge in [0, 0.05) is 5.56 Å². The second kappa shape index (κ2) is 8.59. The maximum Gasteiger partial charge on any atom is 0.175 e. The van der Waals surface area contributed by atoms with E-state index in [0.717, 1.165) is 43.3 Å². The summed E-state index contributed by atoms with van der Waals surface area (Å²) < 4.78 is 3.42. The van der Waals surface area contributed by atoms with Crippen molar-refractivity contribution in [3.8, 4) is 38.8 Å². The van der Waals surface area contributed by atoms with E-state index in [2.05, 4.69) is 120 Å². The first-order chi connectivity index (χ1) is 17.8. The van der Waals surface area contributed by atoms with E-state index in [1.54, 1.807) is 11.3 Å². The summed E-state index contributed by atoms with van der Waals surface area (Å²) in [6.45, 7) is 0. The molecule has 3 nitrogen and oxygen atoms in total. The molecule has 36 heavy (non-hydrogen) atoms. The van der Waals surface area contributed by atoms with E-state index in [1.165, 1.54) is 16.7 Å². The molecule has 0 saturated heterocycles. The van der Waals surface area contributed by atoms with Gasteiger partial charge in [0.05, 0.1) is 26.9 Å². The molecular weight excluding hydrogens is 458 g/mol. The molecule has 7 rings (SSSR count). The molecule has 0 unspecified atom stereocenters. The molecule has 0 saturated carbocycles. The third-order valence-electron chi connectivity index (χ3n) is 6.47. The molecule has 7 aromatic rings. The molecule has 0 aliphatic carbocycles. The topological polar surface area (TPSA) is 30.7 Å². The van der Waals surface area contributed by atoms with Gasteiger partial charge >= 0.3 is 0 Å². The number of nitrogens with zero attached hydrogens (tertiary/aromatic N) is 3. The first kappa shape index (κ1) is 20.8. The van der Waals surface area contributed by atoms with Crippen molar-refractivity contribution in [2.75, 3.05) is 0 Å². The van der Waals surface area contributed by atoms with E-state index in [9.17, 15) is 0 Å². The Balaban J connectivity index is 1.46. The fourth-order valence-corrected chi connectivity index (χ4v) is 5.74. The molecule has 0 N–H and O–H groups in total. The zero-order valence-corrected chi connectivity index (χ0v) is 20.2. The van der Waals surface area contributed by atoms with Crippen LogP contribution >= 0.6 is 11.3 Å². The van der Waals surface area contributed by atoms with Crippen molar-refractivity contribution < 1.29 is 0 Å². The Labute approximate surface area is 213 Å².